The molecular weight excluding hydrogens is 476 g/mol. The number of benzene rings is 3. The van der Waals surface area contributed by atoms with Crippen LogP contribution >= 0.6 is 11.6 Å². The first-order valence-electron chi connectivity index (χ1n) is 10.6. The van der Waals surface area contributed by atoms with Crippen LogP contribution in [0.25, 0.3) is 0 Å². The summed E-state index contributed by atoms with van der Waals surface area (Å²) in [4.78, 5) is 13.1. The lowest BCUT2D eigenvalue weighted by Crippen LogP contribution is -2.42. The number of sulfonamides is 1. The molecule has 34 heavy (non-hydrogen) atoms. The lowest BCUT2D eigenvalue weighted by molar-refractivity contribution is -0.120. The molecule has 0 bridgehead atoms. The Kier molecular flexibility index (Phi) is 8.41. The number of hydrogen-bond donors (Lipinski definition) is 1. The molecule has 0 saturated carbocycles. The summed E-state index contributed by atoms with van der Waals surface area (Å²) in [6.45, 7) is 1.52. The van der Waals surface area contributed by atoms with Gasteiger partial charge in [-0.3, -0.25) is 9.10 Å². The van der Waals surface area contributed by atoms with Gasteiger partial charge in [-0.05, 0) is 54.4 Å². The smallest absolute Gasteiger partial charge is 0.264 e. The molecule has 0 radical (unpaired) electrons. The maximum atomic E-state index is 13.5. The van der Waals surface area contributed by atoms with Crippen molar-refractivity contribution in [1.29, 1.82) is 0 Å². The molecule has 7 nitrogen and oxygen atoms in total. The van der Waals surface area contributed by atoms with Crippen molar-refractivity contribution in [3.05, 3.63) is 83.4 Å². The van der Waals surface area contributed by atoms with Crippen LogP contribution in [0.4, 0.5) is 5.69 Å². The van der Waals surface area contributed by atoms with Gasteiger partial charge in [0.2, 0.25) is 5.91 Å². The van der Waals surface area contributed by atoms with Crippen LogP contribution in [0.15, 0.2) is 77.7 Å². The van der Waals surface area contributed by atoms with E-state index in [1.807, 2.05) is 31.2 Å². The number of amides is 1. The number of nitrogens with zero attached hydrogens (tertiary/aromatic N) is 1. The number of halogens is 1. The minimum absolute atomic E-state index is 0.0666. The summed E-state index contributed by atoms with van der Waals surface area (Å²) in [6.07, 6.45) is 0.623. The number of ether oxygens (including phenoxy) is 2. The molecule has 3 aromatic rings. The molecule has 0 aliphatic rings. The summed E-state index contributed by atoms with van der Waals surface area (Å²) >= 11 is 6.26. The standard InChI is InChI=1S/C25H27ClN2O5S/c1-4-23(18-10-13-20(32-2)14-11-18)27-25(29)17-28(19-12-15-24(33-3)22(26)16-19)34(30,31)21-8-6-5-7-9-21/h5-16,23H,4,17H2,1-3H3,(H,27,29). The molecule has 1 N–H and O–H groups in total. The quantitative estimate of drug-likeness (QED) is 0.429. The molecule has 1 unspecified atom stereocenters. The second-order valence-electron chi connectivity index (χ2n) is 7.45. The maximum absolute atomic E-state index is 13.5. The zero-order valence-electron chi connectivity index (χ0n) is 19.2. The highest BCUT2D eigenvalue weighted by Gasteiger charge is 2.28. The molecule has 3 aromatic carbocycles. The SMILES string of the molecule is CCC(NC(=O)CN(c1ccc(OC)c(Cl)c1)S(=O)(=O)c1ccccc1)c1ccc(OC)cc1. The molecule has 1 atom stereocenters. The molecule has 0 aliphatic carbocycles. The highest BCUT2D eigenvalue weighted by atomic mass is 35.5. The van der Waals surface area contributed by atoms with Gasteiger partial charge in [0.25, 0.3) is 10.0 Å². The third kappa shape index (κ3) is 5.81. The predicted octanol–water partition coefficient (Wildman–Crippen LogP) is 4.82. The Morgan fingerprint density at radius 2 is 1.68 bits per heavy atom. The molecule has 3 rings (SSSR count). The van der Waals surface area contributed by atoms with E-state index in [2.05, 4.69) is 5.32 Å². The van der Waals surface area contributed by atoms with Crippen molar-refractivity contribution in [3.63, 3.8) is 0 Å². The average Bonchev–Trinajstić information content (AvgIpc) is 2.86. The fraction of sp³-hybridized carbons (Fsp3) is 0.240. The summed E-state index contributed by atoms with van der Waals surface area (Å²) < 4.78 is 38.4. The first-order valence-corrected chi connectivity index (χ1v) is 12.5. The molecule has 0 fully saturated rings. The van der Waals surface area contributed by atoms with Crippen LogP contribution in [0, 0.1) is 0 Å². The van der Waals surface area contributed by atoms with Gasteiger partial charge in [0.15, 0.2) is 0 Å². The van der Waals surface area contributed by atoms with Gasteiger partial charge in [0.1, 0.15) is 18.0 Å². The first-order chi connectivity index (χ1) is 16.3. The number of nitrogens with one attached hydrogen (secondary N) is 1. The second kappa shape index (κ2) is 11.3. The van der Waals surface area contributed by atoms with E-state index in [-0.39, 0.29) is 21.6 Å². The van der Waals surface area contributed by atoms with Crippen molar-refractivity contribution in [2.45, 2.75) is 24.3 Å². The molecule has 0 aromatic heterocycles. The number of hydrogen-bond acceptors (Lipinski definition) is 5. The van der Waals surface area contributed by atoms with Crippen LogP contribution in [0.5, 0.6) is 11.5 Å². The fourth-order valence-corrected chi connectivity index (χ4v) is 5.16. The van der Waals surface area contributed by atoms with E-state index in [0.29, 0.717) is 17.9 Å². The Hall–Kier alpha value is -3.23. The zero-order chi connectivity index (χ0) is 24.7. The van der Waals surface area contributed by atoms with E-state index in [1.165, 1.54) is 25.3 Å². The molecule has 0 heterocycles. The van der Waals surface area contributed by atoms with Gasteiger partial charge in [-0.15, -0.1) is 0 Å². The number of carbonyl (C=O) groups is 1. The minimum Gasteiger partial charge on any atom is -0.497 e. The summed E-state index contributed by atoms with van der Waals surface area (Å²) in [5, 5.41) is 3.17. The topological polar surface area (TPSA) is 84.9 Å². The second-order valence-corrected chi connectivity index (χ2v) is 9.71. The zero-order valence-corrected chi connectivity index (χ0v) is 20.8. The number of rotatable bonds is 10. The number of methoxy groups -OCH3 is 2. The molecule has 1 amide bonds. The lowest BCUT2D eigenvalue weighted by atomic mass is 10.0. The Morgan fingerprint density at radius 1 is 1.00 bits per heavy atom. The van der Waals surface area contributed by atoms with Crippen molar-refractivity contribution in [2.75, 3.05) is 25.1 Å². The van der Waals surface area contributed by atoms with Gasteiger partial charge in [-0.1, -0.05) is 48.9 Å². The van der Waals surface area contributed by atoms with Crippen molar-refractivity contribution >= 4 is 33.2 Å². The highest BCUT2D eigenvalue weighted by molar-refractivity contribution is 7.92. The Labute approximate surface area is 205 Å². The van der Waals surface area contributed by atoms with Gasteiger partial charge in [0, 0.05) is 0 Å². The average molecular weight is 503 g/mol. The first kappa shape index (κ1) is 25.4. The summed E-state index contributed by atoms with van der Waals surface area (Å²) in [7, 11) is -0.991. The van der Waals surface area contributed by atoms with Crippen LogP contribution < -0.4 is 19.1 Å². The van der Waals surface area contributed by atoms with Crippen molar-refractivity contribution in [1.82, 2.24) is 5.32 Å². The van der Waals surface area contributed by atoms with Gasteiger partial charge in [-0.25, -0.2) is 8.42 Å². The van der Waals surface area contributed by atoms with Crippen LogP contribution in [0.2, 0.25) is 5.02 Å². The van der Waals surface area contributed by atoms with Crippen LogP contribution in [-0.4, -0.2) is 35.1 Å². The largest absolute Gasteiger partial charge is 0.497 e. The van der Waals surface area contributed by atoms with Crippen LogP contribution in [0.1, 0.15) is 24.9 Å². The normalized spacial score (nSPS) is 12.0. The van der Waals surface area contributed by atoms with E-state index in [4.69, 9.17) is 21.1 Å². The Morgan fingerprint density at radius 3 is 2.24 bits per heavy atom. The Balaban J connectivity index is 1.91. The summed E-state index contributed by atoms with van der Waals surface area (Å²) in [6, 6.07) is 19.6. The third-order valence-corrected chi connectivity index (χ3v) is 7.39. The lowest BCUT2D eigenvalue weighted by Gasteiger charge is -2.26. The molecular formula is C25H27ClN2O5S. The monoisotopic (exact) mass is 502 g/mol. The molecule has 180 valence electrons. The molecule has 0 spiro atoms. The van der Waals surface area contributed by atoms with Crippen LogP contribution in [0.3, 0.4) is 0 Å². The van der Waals surface area contributed by atoms with Crippen molar-refractivity contribution < 1.29 is 22.7 Å². The van der Waals surface area contributed by atoms with Gasteiger partial charge in [0.05, 0.1) is 35.9 Å². The van der Waals surface area contributed by atoms with Crippen molar-refractivity contribution in [2.24, 2.45) is 0 Å². The molecule has 9 heteroatoms. The van der Waals surface area contributed by atoms with E-state index in [9.17, 15) is 13.2 Å². The third-order valence-electron chi connectivity index (χ3n) is 5.30. The Bertz CT molecular complexity index is 1220. The van der Waals surface area contributed by atoms with Crippen molar-refractivity contribution in [3.8, 4) is 11.5 Å². The highest BCUT2D eigenvalue weighted by Crippen LogP contribution is 2.32. The molecule has 0 aliphatic heterocycles. The van der Waals surface area contributed by atoms with E-state index in [0.717, 1.165) is 9.87 Å². The van der Waals surface area contributed by atoms with E-state index in [1.54, 1.807) is 37.4 Å². The minimum atomic E-state index is -4.05. The number of carbonyl (C=O) groups excluding carboxylic acids is 1. The summed E-state index contributed by atoms with van der Waals surface area (Å²) in [5.41, 5.74) is 1.14. The van der Waals surface area contributed by atoms with Gasteiger partial charge in [-0.2, -0.15) is 0 Å². The van der Waals surface area contributed by atoms with Gasteiger partial charge < -0.3 is 14.8 Å². The van der Waals surface area contributed by atoms with Gasteiger partial charge >= 0.3 is 0 Å². The molecule has 0 saturated heterocycles. The van der Waals surface area contributed by atoms with E-state index >= 15 is 0 Å². The maximum Gasteiger partial charge on any atom is 0.264 e. The fourth-order valence-electron chi connectivity index (χ4n) is 3.47. The van der Waals surface area contributed by atoms with E-state index < -0.39 is 22.5 Å². The summed E-state index contributed by atoms with van der Waals surface area (Å²) in [5.74, 6) is 0.660. The predicted molar refractivity (Wildman–Crippen MR) is 133 cm³/mol. The van der Waals surface area contributed by atoms with Crippen LogP contribution in [-0.2, 0) is 14.8 Å². The number of anilines is 1.